The van der Waals surface area contributed by atoms with Gasteiger partial charge in [-0.15, -0.1) is 0 Å². The molecular formula is C18H16ClN5O2. The summed E-state index contributed by atoms with van der Waals surface area (Å²) in [6.07, 6.45) is 2.87. The molecule has 7 nitrogen and oxygen atoms in total. The average Bonchev–Trinajstić information content (AvgIpc) is 2.89. The van der Waals surface area contributed by atoms with E-state index < -0.39 is 4.92 Å². The number of nitro groups is 1. The van der Waals surface area contributed by atoms with Gasteiger partial charge in [-0.25, -0.2) is 4.98 Å². The topological polar surface area (TPSA) is 85.3 Å². The first-order chi connectivity index (χ1) is 12.5. The Labute approximate surface area is 155 Å². The van der Waals surface area contributed by atoms with Gasteiger partial charge in [0, 0.05) is 33.7 Å². The number of hydrogen-bond donors (Lipinski definition) is 1. The zero-order valence-electron chi connectivity index (χ0n) is 14.2. The second kappa shape index (κ2) is 7.37. The van der Waals surface area contributed by atoms with Crippen LogP contribution in [0.1, 0.15) is 17.0 Å². The molecule has 0 radical (unpaired) electrons. The fourth-order valence-corrected chi connectivity index (χ4v) is 2.84. The Morgan fingerprint density at radius 2 is 2.08 bits per heavy atom. The minimum Gasteiger partial charge on any atom is -0.318 e. The lowest BCUT2D eigenvalue weighted by Gasteiger charge is -2.09. The van der Waals surface area contributed by atoms with E-state index in [2.05, 4.69) is 20.1 Å². The highest BCUT2D eigenvalue weighted by Gasteiger charge is 2.10. The van der Waals surface area contributed by atoms with Gasteiger partial charge >= 0.3 is 0 Å². The molecule has 0 amide bonds. The van der Waals surface area contributed by atoms with Crippen LogP contribution in [0.2, 0.25) is 5.02 Å². The first kappa shape index (κ1) is 17.6. The van der Waals surface area contributed by atoms with Gasteiger partial charge in [0.05, 0.1) is 11.1 Å². The van der Waals surface area contributed by atoms with E-state index in [1.165, 1.54) is 18.3 Å². The Morgan fingerprint density at radius 3 is 2.73 bits per heavy atom. The molecule has 8 heteroatoms. The van der Waals surface area contributed by atoms with Crippen molar-refractivity contribution in [3.63, 3.8) is 0 Å². The lowest BCUT2D eigenvalue weighted by molar-refractivity contribution is -0.385. The number of aryl methyl sites for hydroxylation is 1. The number of halogens is 1. The minimum absolute atomic E-state index is 0.0652. The standard InChI is InChI=1S/C18H16ClN5O2/c1-12-8-14(13(2)23(12)16-5-3-4-15(19)9-16)10-21-22-18-7-6-17(11-20-18)24(25)26/h3-11H,1-2H3,(H,20,22). The smallest absolute Gasteiger partial charge is 0.287 e. The number of anilines is 1. The molecule has 0 aliphatic carbocycles. The monoisotopic (exact) mass is 369 g/mol. The lowest BCUT2D eigenvalue weighted by Crippen LogP contribution is -2.00. The molecule has 132 valence electrons. The fraction of sp³-hybridized carbons (Fsp3) is 0.111. The molecule has 2 aromatic heterocycles. The van der Waals surface area contributed by atoms with Gasteiger partial charge in [-0.3, -0.25) is 15.5 Å². The minimum atomic E-state index is -0.495. The van der Waals surface area contributed by atoms with Gasteiger partial charge in [-0.05, 0) is 44.2 Å². The molecule has 0 bridgehead atoms. The van der Waals surface area contributed by atoms with Crippen LogP contribution in [0.5, 0.6) is 0 Å². The maximum absolute atomic E-state index is 10.6. The van der Waals surface area contributed by atoms with Crippen LogP contribution in [-0.2, 0) is 0 Å². The van der Waals surface area contributed by atoms with Crippen molar-refractivity contribution in [3.05, 3.63) is 80.7 Å². The van der Waals surface area contributed by atoms with Gasteiger partial charge in [0.1, 0.15) is 12.0 Å². The van der Waals surface area contributed by atoms with E-state index in [9.17, 15) is 10.1 Å². The molecule has 3 aromatic rings. The van der Waals surface area contributed by atoms with Crippen molar-refractivity contribution in [3.8, 4) is 5.69 Å². The average molecular weight is 370 g/mol. The summed E-state index contributed by atoms with van der Waals surface area (Å²) in [6, 6.07) is 12.5. The Hall–Kier alpha value is -3.19. The van der Waals surface area contributed by atoms with E-state index in [1.54, 1.807) is 6.21 Å². The zero-order valence-corrected chi connectivity index (χ0v) is 14.9. The maximum Gasteiger partial charge on any atom is 0.287 e. The van der Waals surface area contributed by atoms with E-state index in [-0.39, 0.29) is 5.69 Å². The van der Waals surface area contributed by atoms with E-state index in [0.717, 1.165) is 22.6 Å². The predicted molar refractivity (Wildman–Crippen MR) is 102 cm³/mol. The van der Waals surface area contributed by atoms with Crippen LogP contribution in [0, 0.1) is 24.0 Å². The van der Waals surface area contributed by atoms with Gasteiger partial charge in [-0.2, -0.15) is 5.10 Å². The number of benzene rings is 1. The van der Waals surface area contributed by atoms with Gasteiger partial charge in [-0.1, -0.05) is 17.7 Å². The summed E-state index contributed by atoms with van der Waals surface area (Å²) < 4.78 is 2.09. The number of aromatic nitrogens is 2. The number of nitrogens with zero attached hydrogens (tertiary/aromatic N) is 4. The molecule has 2 heterocycles. The second-order valence-electron chi connectivity index (χ2n) is 5.67. The highest BCUT2D eigenvalue weighted by atomic mass is 35.5. The van der Waals surface area contributed by atoms with Gasteiger partial charge in [0.15, 0.2) is 0 Å². The molecule has 3 rings (SSSR count). The fourth-order valence-electron chi connectivity index (χ4n) is 2.66. The van der Waals surface area contributed by atoms with Crippen LogP contribution in [-0.4, -0.2) is 20.7 Å². The predicted octanol–water partition coefficient (Wildman–Crippen LogP) is 4.50. The van der Waals surface area contributed by atoms with Crippen LogP contribution in [0.3, 0.4) is 0 Å². The summed E-state index contributed by atoms with van der Waals surface area (Å²) >= 11 is 6.09. The number of hydrazone groups is 1. The first-order valence-electron chi connectivity index (χ1n) is 7.80. The summed E-state index contributed by atoms with van der Waals surface area (Å²) in [4.78, 5) is 14.1. The highest BCUT2D eigenvalue weighted by molar-refractivity contribution is 6.30. The summed E-state index contributed by atoms with van der Waals surface area (Å²) in [5.74, 6) is 0.426. The quantitative estimate of drug-likeness (QED) is 0.407. The number of nitrogens with one attached hydrogen (secondary N) is 1. The molecule has 0 saturated heterocycles. The molecule has 0 aliphatic rings. The number of pyridine rings is 1. The Bertz CT molecular complexity index is 980. The molecule has 0 unspecified atom stereocenters. The van der Waals surface area contributed by atoms with Crippen molar-refractivity contribution in [2.24, 2.45) is 5.10 Å². The normalized spacial score (nSPS) is 11.0. The van der Waals surface area contributed by atoms with Gasteiger partial charge in [0.25, 0.3) is 5.69 Å². The summed E-state index contributed by atoms with van der Waals surface area (Å²) in [5, 5.41) is 15.5. The molecule has 26 heavy (non-hydrogen) atoms. The van der Waals surface area contributed by atoms with E-state index in [0.29, 0.717) is 10.8 Å². The van der Waals surface area contributed by atoms with Crippen molar-refractivity contribution in [1.29, 1.82) is 0 Å². The van der Waals surface area contributed by atoms with Crippen molar-refractivity contribution >= 4 is 29.3 Å². The third-order valence-corrected chi connectivity index (χ3v) is 4.11. The lowest BCUT2D eigenvalue weighted by atomic mass is 10.2. The van der Waals surface area contributed by atoms with Crippen molar-refractivity contribution in [2.45, 2.75) is 13.8 Å². The van der Waals surface area contributed by atoms with E-state index >= 15 is 0 Å². The van der Waals surface area contributed by atoms with E-state index in [1.807, 2.05) is 44.2 Å². The molecule has 0 saturated carbocycles. The van der Waals surface area contributed by atoms with Crippen molar-refractivity contribution in [2.75, 3.05) is 5.43 Å². The zero-order chi connectivity index (χ0) is 18.7. The summed E-state index contributed by atoms with van der Waals surface area (Å²) in [6.45, 7) is 4.01. The third kappa shape index (κ3) is 3.73. The Kier molecular flexibility index (Phi) is 4.99. The Morgan fingerprint density at radius 1 is 1.27 bits per heavy atom. The molecular weight excluding hydrogens is 354 g/mol. The molecule has 0 fully saturated rings. The van der Waals surface area contributed by atoms with Crippen LogP contribution in [0.25, 0.3) is 5.69 Å². The van der Waals surface area contributed by atoms with Crippen molar-refractivity contribution in [1.82, 2.24) is 9.55 Å². The largest absolute Gasteiger partial charge is 0.318 e. The van der Waals surface area contributed by atoms with Crippen LogP contribution in [0.15, 0.2) is 53.8 Å². The SMILES string of the molecule is Cc1cc(C=NNc2ccc([N+](=O)[O-])cn2)c(C)n1-c1cccc(Cl)c1. The van der Waals surface area contributed by atoms with Gasteiger partial charge in [0.2, 0.25) is 0 Å². The molecule has 0 aliphatic heterocycles. The van der Waals surface area contributed by atoms with Crippen LogP contribution < -0.4 is 5.43 Å². The first-order valence-corrected chi connectivity index (χ1v) is 8.18. The van der Waals surface area contributed by atoms with Gasteiger partial charge < -0.3 is 4.57 Å². The molecule has 0 atom stereocenters. The number of rotatable bonds is 5. The van der Waals surface area contributed by atoms with Crippen LogP contribution >= 0.6 is 11.6 Å². The second-order valence-corrected chi connectivity index (χ2v) is 6.11. The Balaban J connectivity index is 1.79. The summed E-state index contributed by atoms with van der Waals surface area (Å²) in [7, 11) is 0. The summed E-state index contributed by atoms with van der Waals surface area (Å²) in [5.41, 5.74) is 6.70. The molecule has 1 aromatic carbocycles. The highest BCUT2D eigenvalue weighted by Crippen LogP contribution is 2.22. The number of hydrogen-bond acceptors (Lipinski definition) is 5. The molecule has 0 spiro atoms. The van der Waals surface area contributed by atoms with Crippen LogP contribution in [0.4, 0.5) is 11.5 Å². The van der Waals surface area contributed by atoms with E-state index in [4.69, 9.17) is 11.6 Å². The third-order valence-electron chi connectivity index (χ3n) is 3.88. The maximum atomic E-state index is 10.6. The molecule has 1 N–H and O–H groups in total. The van der Waals surface area contributed by atoms with Crippen molar-refractivity contribution < 1.29 is 4.92 Å².